The molecule has 0 bridgehead atoms. The van der Waals surface area contributed by atoms with Crippen LogP contribution in [0, 0.1) is 0 Å². The summed E-state index contributed by atoms with van der Waals surface area (Å²) in [6, 6.07) is 4.48. The Morgan fingerprint density at radius 3 is 2.21 bits per heavy atom. The quantitative estimate of drug-likeness (QED) is 0.836. The molecule has 1 amide bonds. The van der Waals surface area contributed by atoms with Gasteiger partial charge in [-0.05, 0) is 23.8 Å². The van der Waals surface area contributed by atoms with Crippen molar-refractivity contribution in [2.45, 2.75) is 12.5 Å². The summed E-state index contributed by atoms with van der Waals surface area (Å²) < 4.78 is 0. The predicted molar refractivity (Wildman–Crippen MR) is 57.2 cm³/mol. The topological polar surface area (TPSA) is 69.1 Å². The smallest absolute Gasteiger partial charge is 0.219 e. The molecule has 76 valence electrons. The van der Waals surface area contributed by atoms with Crippen molar-refractivity contribution in [1.82, 2.24) is 0 Å². The lowest BCUT2D eigenvalue weighted by Crippen LogP contribution is -2.20. The molecule has 0 saturated heterocycles. The SMILES string of the molecule is NC(=O)C[C@@H](N)c1cc(Cl)cc(Cl)c1. The zero-order valence-electron chi connectivity index (χ0n) is 7.34. The van der Waals surface area contributed by atoms with Gasteiger partial charge in [0.1, 0.15) is 0 Å². The number of halogens is 2. The first-order valence-corrected chi connectivity index (χ1v) is 4.74. The van der Waals surface area contributed by atoms with Crippen molar-refractivity contribution in [3.63, 3.8) is 0 Å². The van der Waals surface area contributed by atoms with Crippen LogP contribution in [0.15, 0.2) is 18.2 Å². The highest BCUT2D eigenvalue weighted by Gasteiger charge is 2.10. The Bertz CT molecular complexity index is 334. The minimum atomic E-state index is -0.455. The van der Waals surface area contributed by atoms with Gasteiger partial charge in [-0.25, -0.2) is 0 Å². The molecule has 0 spiro atoms. The van der Waals surface area contributed by atoms with Crippen molar-refractivity contribution in [3.05, 3.63) is 33.8 Å². The molecule has 1 aromatic carbocycles. The summed E-state index contributed by atoms with van der Waals surface area (Å²) in [4.78, 5) is 10.6. The van der Waals surface area contributed by atoms with Gasteiger partial charge < -0.3 is 11.5 Å². The van der Waals surface area contributed by atoms with Crippen molar-refractivity contribution in [2.75, 3.05) is 0 Å². The van der Waals surface area contributed by atoms with Gasteiger partial charge in [0.2, 0.25) is 5.91 Å². The van der Waals surface area contributed by atoms with Crippen LogP contribution < -0.4 is 11.5 Å². The molecule has 0 aliphatic heterocycles. The van der Waals surface area contributed by atoms with Gasteiger partial charge in [-0.2, -0.15) is 0 Å². The molecule has 0 fully saturated rings. The molecule has 0 unspecified atom stereocenters. The summed E-state index contributed by atoms with van der Waals surface area (Å²) in [6.07, 6.45) is 0.0800. The Kier molecular flexibility index (Phi) is 3.75. The van der Waals surface area contributed by atoms with Gasteiger partial charge in [0, 0.05) is 22.5 Å². The van der Waals surface area contributed by atoms with Gasteiger partial charge in [-0.3, -0.25) is 4.79 Å². The Labute approximate surface area is 92.0 Å². The number of hydrogen-bond donors (Lipinski definition) is 2. The van der Waals surface area contributed by atoms with E-state index in [1.54, 1.807) is 18.2 Å². The van der Waals surface area contributed by atoms with Crippen LogP contribution in [0.2, 0.25) is 10.0 Å². The van der Waals surface area contributed by atoms with Crippen molar-refractivity contribution in [3.8, 4) is 0 Å². The number of rotatable bonds is 3. The van der Waals surface area contributed by atoms with Crippen LogP contribution >= 0.6 is 23.2 Å². The molecule has 0 aliphatic rings. The Morgan fingerprint density at radius 1 is 1.29 bits per heavy atom. The summed E-state index contributed by atoms with van der Waals surface area (Å²) in [5.41, 5.74) is 11.4. The molecule has 0 aromatic heterocycles. The lowest BCUT2D eigenvalue weighted by Gasteiger charge is -2.10. The van der Waals surface area contributed by atoms with Gasteiger partial charge in [-0.15, -0.1) is 0 Å². The Hall–Kier alpha value is -0.770. The van der Waals surface area contributed by atoms with Crippen molar-refractivity contribution in [2.24, 2.45) is 11.5 Å². The summed E-state index contributed by atoms with van der Waals surface area (Å²) in [5.74, 6) is -0.450. The third kappa shape index (κ3) is 3.18. The van der Waals surface area contributed by atoms with Gasteiger partial charge >= 0.3 is 0 Å². The van der Waals surface area contributed by atoms with Crippen LogP contribution in [0.25, 0.3) is 0 Å². The summed E-state index contributed by atoms with van der Waals surface area (Å²) in [5, 5.41) is 0.986. The van der Waals surface area contributed by atoms with E-state index >= 15 is 0 Å². The third-order valence-corrected chi connectivity index (χ3v) is 2.17. The Balaban J connectivity index is 2.89. The number of benzene rings is 1. The average molecular weight is 233 g/mol. The highest BCUT2D eigenvalue weighted by atomic mass is 35.5. The summed E-state index contributed by atoms with van der Waals surface area (Å²) in [6.45, 7) is 0. The van der Waals surface area contributed by atoms with Crippen LogP contribution in [-0.2, 0) is 4.79 Å². The lowest BCUT2D eigenvalue weighted by atomic mass is 10.0. The second kappa shape index (κ2) is 4.64. The summed E-state index contributed by atoms with van der Waals surface area (Å²) >= 11 is 11.5. The molecular formula is C9H10Cl2N2O. The van der Waals surface area contributed by atoms with Crippen LogP contribution in [0.1, 0.15) is 18.0 Å². The van der Waals surface area contributed by atoms with Crippen LogP contribution in [0.3, 0.4) is 0 Å². The molecule has 1 aromatic rings. The largest absolute Gasteiger partial charge is 0.370 e. The van der Waals surface area contributed by atoms with E-state index in [0.717, 1.165) is 0 Å². The zero-order chi connectivity index (χ0) is 10.7. The van der Waals surface area contributed by atoms with Gasteiger partial charge in [0.05, 0.1) is 0 Å². The van der Waals surface area contributed by atoms with E-state index in [2.05, 4.69) is 0 Å². The Morgan fingerprint density at radius 2 is 1.79 bits per heavy atom. The number of amides is 1. The van der Waals surface area contributed by atoms with E-state index in [4.69, 9.17) is 34.7 Å². The average Bonchev–Trinajstić information content (AvgIpc) is 2.00. The third-order valence-electron chi connectivity index (χ3n) is 1.73. The van der Waals surface area contributed by atoms with E-state index in [9.17, 15) is 4.79 Å². The molecule has 3 nitrogen and oxygen atoms in total. The maximum Gasteiger partial charge on any atom is 0.219 e. The van der Waals surface area contributed by atoms with Gasteiger partial charge in [0.15, 0.2) is 0 Å². The predicted octanol–water partition coefficient (Wildman–Crippen LogP) is 1.87. The normalized spacial score (nSPS) is 12.5. The minimum Gasteiger partial charge on any atom is -0.370 e. The highest BCUT2D eigenvalue weighted by molar-refractivity contribution is 6.34. The molecule has 14 heavy (non-hydrogen) atoms. The van der Waals surface area contributed by atoms with Crippen LogP contribution in [-0.4, -0.2) is 5.91 Å². The first kappa shape index (κ1) is 11.3. The molecule has 1 rings (SSSR count). The van der Waals surface area contributed by atoms with Crippen LogP contribution in [0.5, 0.6) is 0 Å². The lowest BCUT2D eigenvalue weighted by molar-refractivity contribution is -0.118. The monoisotopic (exact) mass is 232 g/mol. The zero-order valence-corrected chi connectivity index (χ0v) is 8.85. The summed E-state index contributed by atoms with van der Waals surface area (Å²) in [7, 11) is 0. The highest BCUT2D eigenvalue weighted by Crippen LogP contribution is 2.23. The fraction of sp³-hybridized carbons (Fsp3) is 0.222. The standard InChI is InChI=1S/C9H10Cl2N2O/c10-6-1-5(2-7(11)3-6)8(12)4-9(13)14/h1-3,8H,4,12H2,(H2,13,14)/t8-/m1/s1. The van der Waals surface area contributed by atoms with E-state index in [1.165, 1.54) is 0 Å². The number of primary amides is 1. The fourth-order valence-corrected chi connectivity index (χ4v) is 1.67. The molecule has 0 radical (unpaired) electrons. The van der Waals surface area contributed by atoms with E-state index in [-0.39, 0.29) is 6.42 Å². The molecule has 5 heteroatoms. The van der Waals surface area contributed by atoms with Crippen molar-refractivity contribution < 1.29 is 4.79 Å². The molecule has 0 saturated carbocycles. The number of hydrogen-bond acceptors (Lipinski definition) is 2. The minimum absolute atomic E-state index is 0.0800. The van der Waals surface area contributed by atoms with E-state index < -0.39 is 11.9 Å². The second-order valence-corrected chi connectivity index (χ2v) is 3.85. The fourth-order valence-electron chi connectivity index (χ4n) is 1.12. The number of carbonyl (C=O) groups excluding carboxylic acids is 1. The molecular weight excluding hydrogens is 223 g/mol. The molecule has 0 aliphatic carbocycles. The first-order chi connectivity index (χ1) is 6.49. The molecule has 0 heterocycles. The molecule has 4 N–H and O–H groups in total. The maximum atomic E-state index is 10.6. The van der Waals surface area contributed by atoms with Gasteiger partial charge in [0.25, 0.3) is 0 Å². The maximum absolute atomic E-state index is 10.6. The van der Waals surface area contributed by atoms with Crippen LogP contribution in [0.4, 0.5) is 0 Å². The van der Waals surface area contributed by atoms with Crippen molar-refractivity contribution in [1.29, 1.82) is 0 Å². The molecule has 1 atom stereocenters. The number of nitrogens with two attached hydrogens (primary N) is 2. The van der Waals surface area contributed by atoms with Gasteiger partial charge in [-0.1, -0.05) is 23.2 Å². The number of carbonyl (C=O) groups is 1. The first-order valence-electron chi connectivity index (χ1n) is 3.99. The van der Waals surface area contributed by atoms with E-state index in [1.807, 2.05) is 0 Å². The second-order valence-electron chi connectivity index (χ2n) is 2.98. The van der Waals surface area contributed by atoms with Crippen molar-refractivity contribution >= 4 is 29.1 Å². The van der Waals surface area contributed by atoms with E-state index in [0.29, 0.717) is 15.6 Å².